The van der Waals surface area contributed by atoms with Gasteiger partial charge in [0.25, 0.3) is 23.4 Å². The monoisotopic (exact) mass is 473 g/mol. The molecule has 3 N–H and O–H groups in total. The molecule has 1 aliphatic heterocycles. The van der Waals surface area contributed by atoms with Gasteiger partial charge in [0.05, 0.1) is 6.54 Å². The SMILES string of the molecule is C[C@](F)(C(=O)NCC(F)(F)C(F)(F)F)C(=O)N[C@H]1C(=O)Nc2ccccc2-c2ccccc21. The highest BCUT2D eigenvalue weighted by Gasteiger charge is 2.58. The highest BCUT2D eigenvalue weighted by atomic mass is 19.4. The summed E-state index contributed by atoms with van der Waals surface area (Å²) in [7, 11) is 0. The van der Waals surface area contributed by atoms with E-state index >= 15 is 0 Å². The molecule has 1 aliphatic rings. The zero-order valence-electron chi connectivity index (χ0n) is 16.9. The van der Waals surface area contributed by atoms with Crippen LogP contribution < -0.4 is 16.0 Å². The third-order valence-electron chi connectivity index (χ3n) is 5.02. The second-order valence-electron chi connectivity index (χ2n) is 7.42. The molecule has 6 nitrogen and oxygen atoms in total. The van der Waals surface area contributed by atoms with Gasteiger partial charge < -0.3 is 16.0 Å². The van der Waals surface area contributed by atoms with Gasteiger partial charge in [-0.25, -0.2) is 4.39 Å². The minimum atomic E-state index is -5.98. The molecular weight excluding hydrogens is 456 g/mol. The third kappa shape index (κ3) is 4.64. The number of hydrogen-bond donors (Lipinski definition) is 3. The fourth-order valence-electron chi connectivity index (χ4n) is 3.14. The zero-order chi connectivity index (χ0) is 24.6. The number of carbonyl (C=O) groups is 3. The first-order valence-corrected chi connectivity index (χ1v) is 9.47. The van der Waals surface area contributed by atoms with E-state index in [0.29, 0.717) is 23.7 Å². The lowest BCUT2D eigenvalue weighted by Crippen LogP contribution is -2.56. The normalized spacial score (nSPS) is 17.5. The van der Waals surface area contributed by atoms with E-state index in [1.54, 1.807) is 42.5 Å². The molecule has 0 unspecified atom stereocenters. The highest BCUT2D eigenvalue weighted by Crippen LogP contribution is 2.37. The van der Waals surface area contributed by atoms with Gasteiger partial charge in [0.2, 0.25) is 0 Å². The largest absolute Gasteiger partial charge is 0.455 e. The number of halogens is 6. The van der Waals surface area contributed by atoms with Crippen LogP contribution in [0.1, 0.15) is 18.5 Å². The smallest absolute Gasteiger partial charge is 0.346 e. The van der Waals surface area contributed by atoms with Gasteiger partial charge in [-0.05, 0) is 24.1 Å². The molecule has 0 saturated carbocycles. The summed E-state index contributed by atoms with van der Waals surface area (Å²) >= 11 is 0. The van der Waals surface area contributed by atoms with Crippen LogP contribution in [0.5, 0.6) is 0 Å². The van der Waals surface area contributed by atoms with Crippen LogP contribution in [0.4, 0.5) is 32.0 Å². The molecule has 0 radical (unpaired) electrons. The fourth-order valence-corrected chi connectivity index (χ4v) is 3.14. The van der Waals surface area contributed by atoms with E-state index in [0.717, 1.165) is 5.32 Å². The van der Waals surface area contributed by atoms with Gasteiger partial charge in [-0.3, -0.25) is 14.4 Å². The van der Waals surface area contributed by atoms with E-state index in [1.165, 1.54) is 6.07 Å². The fraction of sp³-hybridized carbons (Fsp3) is 0.286. The maximum atomic E-state index is 14.9. The molecule has 2 atom stereocenters. The van der Waals surface area contributed by atoms with E-state index in [4.69, 9.17) is 0 Å². The van der Waals surface area contributed by atoms with Crippen LogP contribution >= 0.6 is 0 Å². The molecule has 0 saturated heterocycles. The molecule has 176 valence electrons. The number of hydrogen-bond acceptors (Lipinski definition) is 3. The summed E-state index contributed by atoms with van der Waals surface area (Å²) in [5.41, 5.74) is -1.77. The van der Waals surface area contributed by atoms with Crippen LogP contribution in [0.2, 0.25) is 0 Å². The van der Waals surface area contributed by atoms with E-state index in [9.17, 15) is 40.7 Å². The first kappa shape index (κ1) is 24.1. The van der Waals surface area contributed by atoms with Gasteiger partial charge in [0, 0.05) is 11.3 Å². The molecule has 0 bridgehead atoms. The molecule has 3 rings (SSSR count). The Bertz CT molecular complexity index is 1100. The minimum Gasteiger partial charge on any atom is -0.346 e. The second-order valence-corrected chi connectivity index (χ2v) is 7.42. The Morgan fingerprint density at radius 1 is 0.909 bits per heavy atom. The first-order valence-electron chi connectivity index (χ1n) is 9.47. The zero-order valence-corrected chi connectivity index (χ0v) is 16.9. The Morgan fingerprint density at radius 3 is 2.12 bits per heavy atom. The van der Waals surface area contributed by atoms with Crippen molar-refractivity contribution in [1.29, 1.82) is 0 Å². The molecule has 3 amide bonds. The van der Waals surface area contributed by atoms with Gasteiger partial charge in [-0.15, -0.1) is 0 Å². The maximum absolute atomic E-state index is 14.9. The third-order valence-corrected chi connectivity index (χ3v) is 5.02. The lowest BCUT2D eigenvalue weighted by molar-refractivity contribution is -0.278. The average molecular weight is 473 g/mol. The molecular formula is C21H17F6N3O3. The Labute approximate surface area is 183 Å². The molecule has 33 heavy (non-hydrogen) atoms. The van der Waals surface area contributed by atoms with Crippen LogP contribution in [0, 0.1) is 0 Å². The van der Waals surface area contributed by atoms with Crippen molar-refractivity contribution < 1.29 is 40.7 Å². The molecule has 0 fully saturated rings. The van der Waals surface area contributed by atoms with Gasteiger partial charge in [-0.1, -0.05) is 42.5 Å². The molecule has 2 aromatic carbocycles. The molecule has 0 aromatic heterocycles. The average Bonchev–Trinajstić information content (AvgIpc) is 2.86. The number of rotatable bonds is 5. The Kier molecular flexibility index (Phi) is 6.14. The number of nitrogens with one attached hydrogen (secondary N) is 3. The molecule has 2 aromatic rings. The van der Waals surface area contributed by atoms with Crippen molar-refractivity contribution >= 4 is 23.4 Å². The van der Waals surface area contributed by atoms with Crippen LogP contribution in [-0.4, -0.2) is 42.0 Å². The number of benzene rings is 2. The number of para-hydroxylation sites is 1. The molecule has 0 spiro atoms. The number of carbonyl (C=O) groups excluding carboxylic acids is 3. The van der Waals surface area contributed by atoms with Crippen molar-refractivity contribution in [2.45, 2.75) is 30.7 Å². The topological polar surface area (TPSA) is 87.3 Å². The summed E-state index contributed by atoms with van der Waals surface area (Å²) in [4.78, 5) is 37.2. The van der Waals surface area contributed by atoms with Gasteiger partial charge >= 0.3 is 12.1 Å². The van der Waals surface area contributed by atoms with Gasteiger partial charge in [0.15, 0.2) is 0 Å². The van der Waals surface area contributed by atoms with Crippen LogP contribution in [0.25, 0.3) is 11.1 Å². The number of alkyl halides is 6. The van der Waals surface area contributed by atoms with E-state index in [-0.39, 0.29) is 5.56 Å². The lowest BCUT2D eigenvalue weighted by Gasteiger charge is -2.25. The summed E-state index contributed by atoms with van der Waals surface area (Å²) in [6.45, 7) is -1.87. The number of amides is 3. The Morgan fingerprint density at radius 2 is 1.48 bits per heavy atom. The predicted molar refractivity (Wildman–Crippen MR) is 105 cm³/mol. The van der Waals surface area contributed by atoms with Crippen LogP contribution in [0.15, 0.2) is 48.5 Å². The van der Waals surface area contributed by atoms with Crippen molar-refractivity contribution in [3.63, 3.8) is 0 Å². The Balaban J connectivity index is 1.83. The van der Waals surface area contributed by atoms with Crippen molar-refractivity contribution in [3.8, 4) is 11.1 Å². The van der Waals surface area contributed by atoms with Crippen LogP contribution in [0.3, 0.4) is 0 Å². The van der Waals surface area contributed by atoms with Crippen LogP contribution in [-0.2, 0) is 14.4 Å². The maximum Gasteiger partial charge on any atom is 0.455 e. The molecule has 1 heterocycles. The summed E-state index contributed by atoms with van der Waals surface area (Å²) < 4.78 is 77.7. The summed E-state index contributed by atoms with van der Waals surface area (Å²) in [5.74, 6) is -9.83. The predicted octanol–water partition coefficient (Wildman–Crippen LogP) is 3.51. The first-order chi connectivity index (χ1) is 15.3. The Hall–Kier alpha value is -3.57. The highest BCUT2D eigenvalue weighted by molar-refractivity contribution is 6.10. The quantitative estimate of drug-likeness (QED) is 0.459. The van der Waals surface area contributed by atoms with Crippen molar-refractivity contribution in [3.05, 3.63) is 54.1 Å². The summed E-state index contributed by atoms with van der Waals surface area (Å²) in [6.07, 6.45) is -5.98. The number of anilines is 1. The van der Waals surface area contributed by atoms with Gasteiger partial charge in [-0.2, -0.15) is 22.0 Å². The second kappa shape index (κ2) is 8.41. The number of fused-ring (bicyclic) bond motifs is 3. The standard InChI is InChI=1S/C21H17F6N3O3/c1-19(22,17(32)28-10-20(23,24)21(25,26)27)18(33)30-15-13-8-3-2-6-11(13)12-7-4-5-9-14(12)29-16(15)31/h2-9,15H,10H2,1H3,(H,28,32)(H,29,31)(H,30,33)/t15-,19+/m1/s1. The van der Waals surface area contributed by atoms with E-state index in [1.807, 2.05) is 0 Å². The molecule has 0 aliphatic carbocycles. The lowest BCUT2D eigenvalue weighted by atomic mass is 9.94. The molecule has 12 heteroatoms. The van der Waals surface area contributed by atoms with Crippen molar-refractivity contribution in [2.24, 2.45) is 0 Å². The van der Waals surface area contributed by atoms with E-state index in [2.05, 4.69) is 10.6 Å². The van der Waals surface area contributed by atoms with Crippen molar-refractivity contribution in [2.75, 3.05) is 11.9 Å². The van der Waals surface area contributed by atoms with Crippen molar-refractivity contribution in [1.82, 2.24) is 10.6 Å². The summed E-state index contributed by atoms with van der Waals surface area (Å²) in [5, 5.41) is 5.72. The van der Waals surface area contributed by atoms with E-state index < -0.39 is 48.1 Å². The minimum absolute atomic E-state index is 0.258. The van der Waals surface area contributed by atoms with Gasteiger partial charge in [0.1, 0.15) is 6.04 Å². The summed E-state index contributed by atoms with van der Waals surface area (Å²) in [6, 6.07) is 11.5.